The molecule has 2 aromatic carbocycles. The number of rotatable bonds is 10. The Kier molecular flexibility index (Phi) is 8.16. The van der Waals surface area contributed by atoms with Crippen LogP contribution < -0.4 is 19.9 Å². The highest BCUT2D eigenvalue weighted by atomic mass is 16.5. The van der Waals surface area contributed by atoms with E-state index in [-0.39, 0.29) is 6.04 Å². The van der Waals surface area contributed by atoms with Crippen LogP contribution in [0.25, 0.3) is 0 Å². The fourth-order valence-electron chi connectivity index (χ4n) is 3.48. The molecular formula is C23H32N2O4. The van der Waals surface area contributed by atoms with Crippen LogP contribution in [0, 0.1) is 0 Å². The van der Waals surface area contributed by atoms with Crippen molar-refractivity contribution in [3.8, 4) is 17.2 Å². The molecule has 6 nitrogen and oxygen atoms in total. The number of hydrogen-bond donors (Lipinski definition) is 1. The Balaban J connectivity index is 1.50. The summed E-state index contributed by atoms with van der Waals surface area (Å²) >= 11 is 0. The fourth-order valence-corrected chi connectivity index (χ4v) is 3.48. The van der Waals surface area contributed by atoms with Crippen molar-refractivity contribution in [2.45, 2.75) is 18.9 Å². The van der Waals surface area contributed by atoms with Gasteiger partial charge >= 0.3 is 0 Å². The lowest BCUT2D eigenvalue weighted by molar-refractivity contribution is 0.0322. The van der Waals surface area contributed by atoms with E-state index in [0.29, 0.717) is 6.61 Å². The zero-order valence-corrected chi connectivity index (χ0v) is 17.4. The van der Waals surface area contributed by atoms with Crippen molar-refractivity contribution in [2.75, 3.05) is 53.7 Å². The van der Waals surface area contributed by atoms with Crippen molar-refractivity contribution < 1.29 is 18.9 Å². The number of nitrogens with zero attached hydrogens (tertiary/aromatic N) is 1. The van der Waals surface area contributed by atoms with Crippen LogP contribution >= 0.6 is 0 Å². The average molecular weight is 401 g/mol. The Hall–Kier alpha value is -2.28. The van der Waals surface area contributed by atoms with Crippen LogP contribution in [0.1, 0.15) is 23.6 Å². The highest BCUT2D eigenvalue weighted by Crippen LogP contribution is 2.29. The minimum absolute atomic E-state index is 0.0501. The molecule has 0 bridgehead atoms. The normalized spacial score (nSPS) is 15.7. The number of benzene rings is 2. The summed E-state index contributed by atoms with van der Waals surface area (Å²) in [5.74, 6) is 2.36. The van der Waals surface area contributed by atoms with Crippen molar-refractivity contribution in [3.05, 3.63) is 53.6 Å². The third-order valence-corrected chi connectivity index (χ3v) is 5.26. The molecule has 1 saturated heterocycles. The maximum absolute atomic E-state index is 6.45. The largest absolute Gasteiger partial charge is 0.493 e. The van der Waals surface area contributed by atoms with Gasteiger partial charge in [-0.1, -0.05) is 18.2 Å². The smallest absolute Gasteiger partial charge is 0.160 e. The minimum Gasteiger partial charge on any atom is -0.493 e. The molecule has 0 amide bonds. The third-order valence-electron chi connectivity index (χ3n) is 5.26. The summed E-state index contributed by atoms with van der Waals surface area (Å²) < 4.78 is 22.0. The maximum atomic E-state index is 6.45. The predicted molar refractivity (Wildman–Crippen MR) is 114 cm³/mol. The van der Waals surface area contributed by atoms with Gasteiger partial charge in [-0.05, 0) is 48.2 Å². The van der Waals surface area contributed by atoms with Gasteiger partial charge in [-0.25, -0.2) is 0 Å². The lowest BCUT2D eigenvalue weighted by Gasteiger charge is -2.26. The lowest BCUT2D eigenvalue weighted by Crippen LogP contribution is -2.38. The molecule has 1 atom stereocenters. The van der Waals surface area contributed by atoms with Crippen molar-refractivity contribution in [1.82, 2.24) is 4.90 Å². The fraction of sp³-hybridized carbons (Fsp3) is 0.478. The van der Waals surface area contributed by atoms with E-state index in [0.717, 1.165) is 68.5 Å². The molecule has 1 aliphatic rings. The van der Waals surface area contributed by atoms with E-state index < -0.39 is 0 Å². The molecule has 1 heterocycles. The number of nitrogens with two attached hydrogens (primary N) is 1. The van der Waals surface area contributed by atoms with Gasteiger partial charge in [0, 0.05) is 25.7 Å². The van der Waals surface area contributed by atoms with Crippen LogP contribution in [0.2, 0.25) is 0 Å². The highest BCUT2D eigenvalue weighted by Gasteiger charge is 2.12. The van der Waals surface area contributed by atoms with Gasteiger partial charge in [-0.15, -0.1) is 0 Å². The van der Waals surface area contributed by atoms with Crippen molar-refractivity contribution in [2.24, 2.45) is 5.73 Å². The average Bonchev–Trinajstić information content (AvgIpc) is 2.78. The van der Waals surface area contributed by atoms with Crippen molar-refractivity contribution in [1.29, 1.82) is 0 Å². The van der Waals surface area contributed by atoms with Gasteiger partial charge < -0.3 is 24.7 Å². The van der Waals surface area contributed by atoms with Gasteiger partial charge in [0.25, 0.3) is 0 Å². The second kappa shape index (κ2) is 11.0. The van der Waals surface area contributed by atoms with Crippen LogP contribution in [-0.4, -0.2) is 58.6 Å². The Bertz CT molecular complexity index is 762. The standard InChI is InChI=1S/C23H32N2O4/c1-26-22-9-7-18(16-23(22)27-2)6-8-21(24)19-4-3-5-20(17-19)29-15-12-25-10-13-28-14-11-25/h3-5,7,9,16-17,21H,6,8,10-15,24H2,1-2H3. The zero-order chi connectivity index (χ0) is 20.5. The van der Waals surface area contributed by atoms with Gasteiger partial charge in [-0.3, -0.25) is 4.90 Å². The summed E-state index contributed by atoms with van der Waals surface area (Å²) in [4.78, 5) is 2.36. The molecule has 0 spiro atoms. The predicted octanol–water partition coefficient (Wildman–Crippen LogP) is 3.05. The molecule has 158 valence electrons. The molecule has 1 unspecified atom stereocenters. The van der Waals surface area contributed by atoms with Crippen LogP contribution in [-0.2, 0) is 11.2 Å². The first-order valence-electron chi connectivity index (χ1n) is 10.2. The number of morpholine rings is 1. The van der Waals surface area contributed by atoms with E-state index in [1.54, 1.807) is 14.2 Å². The van der Waals surface area contributed by atoms with Crippen LogP contribution in [0.15, 0.2) is 42.5 Å². The van der Waals surface area contributed by atoms with Crippen LogP contribution in [0.5, 0.6) is 17.2 Å². The summed E-state index contributed by atoms with van der Waals surface area (Å²) in [6, 6.07) is 14.1. The van der Waals surface area contributed by atoms with Gasteiger partial charge in [0.15, 0.2) is 11.5 Å². The first-order chi connectivity index (χ1) is 14.2. The molecular weight excluding hydrogens is 368 g/mol. The Morgan fingerprint density at radius 2 is 1.83 bits per heavy atom. The molecule has 1 aliphatic heterocycles. The molecule has 1 fully saturated rings. The van der Waals surface area contributed by atoms with Crippen LogP contribution in [0.3, 0.4) is 0 Å². The van der Waals surface area contributed by atoms with Gasteiger partial charge in [0.05, 0.1) is 27.4 Å². The second-order valence-corrected chi connectivity index (χ2v) is 7.21. The zero-order valence-electron chi connectivity index (χ0n) is 17.4. The quantitative estimate of drug-likeness (QED) is 0.661. The van der Waals surface area contributed by atoms with E-state index in [4.69, 9.17) is 24.7 Å². The SMILES string of the molecule is COc1ccc(CCC(N)c2cccc(OCCN3CCOCC3)c2)cc1OC. The summed E-state index contributed by atoms with van der Waals surface area (Å²) in [7, 11) is 3.29. The molecule has 6 heteroatoms. The summed E-state index contributed by atoms with van der Waals surface area (Å²) in [5, 5.41) is 0. The monoisotopic (exact) mass is 400 g/mol. The van der Waals surface area contributed by atoms with Gasteiger partial charge in [0.2, 0.25) is 0 Å². The number of methoxy groups -OCH3 is 2. The van der Waals surface area contributed by atoms with Crippen molar-refractivity contribution in [3.63, 3.8) is 0 Å². The Morgan fingerprint density at radius 1 is 1.03 bits per heavy atom. The molecule has 29 heavy (non-hydrogen) atoms. The minimum atomic E-state index is -0.0501. The lowest BCUT2D eigenvalue weighted by atomic mass is 9.99. The van der Waals surface area contributed by atoms with Crippen molar-refractivity contribution >= 4 is 0 Å². The number of aryl methyl sites for hydroxylation is 1. The number of ether oxygens (including phenoxy) is 4. The Labute approximate surface area is 173 Å². The first-order valence-corrected chi connectivity index (χ1v) is 10.2. The summed E-state index contributed by atoms with van der Waals surface area (Å²) in [6.07, 6.45) is 1.70. The molecule has 0 saturated carbocycles. The maximum Gasteiger partial charge on any atom is 0.160 e. The summed E-state index contributed by atoms with van der Waals surface area (Å²) in [6.45, 7) is 5.16. The van der Waals surface area contributed by atoms with E-state index in [1.807, 2.05) is 24.3 Å². The highest BCUT2D eigenvalue weighted by molar-refractivity contribution is 5.43. The molecule has 0 aliphatic carbocycles. The second-order valence-electron chi connectivity index (χ2n) is 7.21. The Morgan fingerprint density at radius 3 is 2.59 bits per heavy atom. The third kappa shape index (κ3) is 6.35. The van der Waals surface area contributed by atoms with E-state index >= 15 is 0 Å². The van der Waals surface area contributed by atoms with Crippen LogP contribution in [0.4, 0.5) is 0 Å². The van der Waals surface area contributed by atoms with E-state index in [9.17, 15) is 0 Å². The summed E-state index contributed by atoms with van der Waals surface area (Å²) in [5.41, 5.74) is 8.72. The van der Waals surface area contributed by atoms with Gasteiger partial charge in [0.1, 0.15) is 12.4 Å². The molecule has 2 aromatic rings. The first kappa shape index (κ1) is 21.4. The van der Waals surface area contributed by atoms with E-state index in [2.05, 4.69) is 23.1 Å². The van der Waals surface area contributed by atoms with E-state index in [1.165, 1.54) is 5.56 Å². The molecule has 0 aromatic heterocycles. The molecule has 2 N–H and O–H groups in total. The molecule has 3 rings (SSSR count). The number of hydrogen-bond acceptors (Lipinski definition) is 6. The molecule has 0 radical (unpaired) electrons. The van der Waals surface area contributed by atoms with Gasteiger partial charge in [-0.2, -0.15) is 0 Å². The topological polar surface area (TPSA) is 66.2 Å².